The molecule has 1 aliphatic rings. The molecule has 1 rings (SSSR count). The lowest BCUT2D eigenvalue weighted by Crippen LogP contribution is -2.48. The van der Waals surface area contributed by atoms with E-state index in [-0.39, 0.29) is 5.75 Å². The number of nitrogens with zero attached hydrogens (tertiary/aromatic N) is 2. The minimum atomic E-state index is -3.03. The van der Waals surface area contributed by atoms with Crippen molar-refractivity contribution in [3.05, 3.63) is 0 Å². The predicted octanol–water partition coefficient (Wildman–Crippen LogP) is -0.827. The fourth-order valence-electron chi connectivity index (χ4n) is 1.57. The summed E-state index contributed by atoms with van der Waals surface area (Å²) in [6.45, 7) is 6.27. The molecular weight excluding hydrogens is 214 g/mol. The first-order valence-electron chi connectivity index (χ1n) is 5.43. The summed E-state index contributed by atoms with van der Waals surface area (Å²) in [6, 6.07) is 0. The van der Waals surface area contributed by atoms with Gasteiger partial charge in [-0.15, -0.1) is 0 Å². The molecule has 0 aromatic carbocycles. The summed E-state index contributed by atoms with van der Waals surface area (Å²) in [4.78, 5) is 2.15. The quantitative estimate of drug-likeness (QED) is 0.632. The van der Waals surface area contributed by atoms with Gasteiger partial charge in [-0.05, 0) is 13.6 Å². The number of piperazine rings is 1. The molecule has 0 saturated carbocycles. The summed E-state index contributed by atoms with van der Waals surface area (Å²) in [5, 5.41) is 3.04. The zero-order valence-electron chi connectivity index (χ0n) is 9.57. The number of hydrogen-bond acceptors (Lipinski definition) is 4. The van der Waals surface area contributed by atoms with Gasteiger partial charge < -0.3 is 10.2 Å². The van der Waals surface area contributed by atoms with E-state index in [0.29, 0.717) is 19.6 Å². The predicted molar refractivity (Wildman–Crippen MR) is 61.4 cm³/mol. The Kier molecular flexibility index (Phi) is 4.98. The van der Waals surface area contributed by atoms with Crippen molar-refractivity contribution >= 4 is 10.0 Å². The highest BCUT2D eigenvalue weighted by molar-refractivity contribution is 7.89. The molecule has 15 heavy (non-hydrogen) atoms. The van der Waals surface area contributed by atoms with Crippen molar-refractivity contribution in [2.75, 3.05) is 52.1 Å². The third kappa shape index (κ3) is 4.06. The summed E-state index contributed by atoms with van der Waals surface area (Å²) >= 11 is 0. The first kappa shape index (κ1) is 12.9. The Morgan fingerprint density at radius 2 is 1.80 bits per heavy atom. The molecule has 0 radical (unpaired) electrons. The maximum absolute atomic E-state index is 11.8. The van der Waals surface area contributed by atoms with E-state index in [1.165, 1.54) is 0 Å². The second-order valence-corrected chi connectivity index (χ2v) is 5.96. The monoisotopic (exact) mass is 235 g/mol. The molecule has 1 heterocycles. The van der Waals surface area contributed by atoms with Gasteiger partial charge in [-0.2, -0.15) is 4.31 Å². The largest absolute Gasteiger partial charge is 0.316 e. The summed E-state index contributed by atoms with van der Waals surface area (Å²) in [6.07, 6.45) is 0. The van der Waals surface area contributed by atoms with Crippen molar-refractivity contribution in [2.24, 2.45) is 0 Å². The third-order valence-electron chi connectivity index (χ3n) is 2.64. The lowest BCUT2D eigenvalue weighted by molar-refractivity contribution is 0.222. The van der Waals surface area contributed by atoms with E-state index in [1.807, 2.05) is 14.0 Å². The van der Waals surface area contributed by atoms with E-state index < -0.39 is 10.0 Å². The standard InChI is InChI=1S/C9H21N3O2S/c1-3-10-4-9-15(13,14)12-7-5-11(2)6-8-12/h10H,3-9H2,1-2H3. The van der Waals surface area contributed by atoms with Gasteiger partial charge in [0.05, 0.1) is 5.75 Å². The molecular formula is C9H21N3O2S. The highest BCUT2D eigenvalue weighted by Crippen LogP contribution is 2.06. The summed E-state index contributed by atoms with van der Waals surface area (Å²) in [5.41, 5.74) is 0. The SMILES string of the molecule is CCNCCS(=O)(=O)N1CCN(C)CC1. The van der Waals surface area contributed by atoms with E-state index in [9.17, 15) is 8.42 Å². The highest BCUT2D eigenvalue weighted by Gasteiger charge is 2.24. The fraction of sp³-hybridized carbons (Fsp3) is 1.00. The van der Waals surface area contributed by atoms with Gasteiger partial charge >= 0.3 is 0 Å². The molecule has 1 N–H and O–H groups in total. The number of likely N-dealkylation sites (N-methyl/N-ethyl adjacent to an activating group) is 1. The molecule has 6 heteroatoms. The van der Waals surface area contributed by atoms with Gasteiger partial charge in [-0.1, -0.05) is 6.92 Å². The molecule has 0 aromatic rings. The van der Waals surface area contributed by atoms with Crippen LogP contribution in [0.5, 0.6) is 0 Å². The van der Waals surface area contributed by atoms with Gasteiger partial charge in [0.15, 0.2) is 0 Å². The molecule has 0 unspecified atom stereocenters. The second kappa shape index (κ2) is 5.79. The third-order valence-corrected chi connectivity index (χ3v) is 4.51. The molecule has 0 atom stereocenters. The Hall–Kier alpha value is -0.170. The molecule has 0 amide bonds. The smallest absolute Gasteiger partial charge is 0.215 e. The topological polar surface area (TPSA) is 52.7 Å². The van der Waals surface area contributed by atoms with Crippen molar-refractivity contribution in [3.63, 3.8) is 0 Å². The first-order chi connectivity index (χ1) is 7.06. The van der Waals surface area contributed by atoms with Crippen LogP contribution in [0.1, 0.15) is 6.92 Å². The van der Waals surface area contributed by atoms with Crippen molar-refractivity contribution < 1.29 is 8.42 Å². The molecule has 0 aliphatic carbocycles. The maximum atomic E-state index is 11.8. The van der Waals surface area contributed by atoms with Crippen LogP contribution in [0.15, 0.2) is 0 Å². The van der Waals surface area contributed by atoms with Crippen LogP contribution in [0.25, 0.3) is 0 Å². The minimum absolute atomic E-state index is 0.213. The minimum Gasteiger partial charge on any atom is -0.316 e. The normalized spacial score (nSPS) is 20.7. The lowest BCUT2D eigenvalue weighted by atomic mass is 10.4. The van der Waals surface area contributed by atoms with Gasteiger partial charge in [0.2, 0.25) is 10.0 Å². The summed E-state index contributed by atoms with van der Waals surface area (Å²) < 4.78 is 25.3. The van der Waals surface area contributed by atoms with Crippen LogP contribution in [0.2, 0.25) is 0 Å². The number of nitrogens with one attached hydrogen (secondary N) is 1. The lowest BCUT2D eigenvalue weighted by Gasteiger charge is -2.31. The maximum Gasteiger partial charge on any atom is 0.215 e. The van der Waals surface area contributed by atoms with Crippen LogP contribution in [-0.4, -0.2) is 69.7 Å². The van der Waals surface area contributed by atoms with Crippen LogP contribution in [0, 0.1) is 0 Å². The molecule has 1 fully saturated rings. The Bertz CT molecular complexity index is 271. The number of hydrogen-bond donors (Lipinski definition) is 1. The van der Waals surface area contributed by atoms with Gasteiger partial charge in [-0.3, -0.25) is 0 Å². The number of rotatable bonds is 5. The Morgan fingerprint density at radius 1 is 1.20 bits per heavy atom. The van der Waals surface area contributed by atoms with Crippen LogP contribution in [-0.2, 0) is 10.0 Å². The van der Waals surface area contributed by atoms with Gasteiger partial charge in [0.1, 0.15) is 0 Å². The molecule has 1 saturated heterocycles. The average Bonchev–Trinajstić information content (AvgIpc) is 2.18. The van der Waals surface area contributed by atoms with Gasteiger partial charge in [0, 0.05) is 32.7 Å². The van der Waals surface area contributed by atoms with Crippen molar-refractivity contribution in [1.29, 1.82) is 0 Å². The molecule has 5 nitrogen and oxygen atoms in total. The molecule has 0 bridgehead atoms. The van der Waals surface area contributed by atoms with Crippen molar-refractivity contribution in [1.82, 2.24) is 14.5 Å². The molecule has 1 aliphatic heterocycles. The Morgan fingerprint density at radius 3 is 2.33 bits per heavy atom. The summed E-state index contributed by atoms with van der Waals surface area (Å²) in [7, 11) is -1.02. The van der Waals surface area contributed by atoms with Crippen molar-refractivity contribution in [2.45, 2.75) is 6.92 Å². The van der Waals surface area contributed by atoms with Gasteiger partial charge in [-0.25, -0.2) is 8.42 Å². The van der Waals surface area contributed by atoms with Crippen LogP contribution < -0.4 is 5.32 Å². The zero-order chi connectivity index (χ0) is 11.3. The fourth-order valence-corrected chi connectivity index (χ4v) is 2.95. The van der Waals surface area contributed by atoms with Crippen LogP contribution in [0.3, 0.4) is 0 Å². The number of sulfonamides is 1. The van der Waals surface area contributed by atoms with Gasteiger partial charge in [0.25, 0.3) is 0 Å². The second-order valence-electron chi connectivity index (χ2n) is 3.87. The molecule has 0 spiro atoms. The highest BCUT2D eigenvalue weighted by atomic mass is 32.2. The zero-order valence-corrected chi connectivity index (χ0v) is 10.4. The Balaban J connectivity index is 2.40. The van der Waals surface area contributed by atoms with Crippen molar-refractivity contribution in [3.8, 4) is 0 Å². The van der Waals surface area contributed by atoms with Crippen LogP contribution >= 0.6 is 0 Å². The molecule has 0 aromatic heterocycles. The van der Waals surface area contributed by atoms with E-state index in [0.717, 1.165) is 19.6 Å². The van der Waals surface area contributed by atoms with E-state index in [1.54, 1.807) is 4.31 Å². The average molecular weight is 235 g/mol. The summed E-state index contributed by atoms with van der Waals surface area (Å²) in [5.74, 6) is 0.213. The van der Waals surface area contributed by atoms with Crippen LogP contribution in [0.4, 0.5) is 0 Å². The first-order valence-corrected chi connectivity index (χ1v) is 7.04. The van der Waals surface area contributed by atoms with E-state index >= 15 is 0 Å². The molecule has 90 valence electrons. The Labute approximate surface area is 92.5 Å². The van der Waals surface area contributed by atoms with E-state index in [4.69, 9.17) is 0 Å². The van der Waals surface area contributed by atoms with E-state index in [2.05, 4.69) is 10.2 Å².